The van der Waals surface area contributed by atoms with Gasteiger partial charge in [-0.1, -0.05) is 26.0 Å². The largest absolute Gasteiger partial charge is 0.465 e. The maximum absolute atomic E-state index is 11.7. The van der Waals surface area contributed by atoms with E-state index in [9.17, 15) is 9.59 Å². The first-order chi connectivity index (χ1) is 8.54. The first-order valence-corrected chi connectivity index (χ1v) is 5.69. The highest BCUT2D eigenvalue weighted by atomic mass is 16.5. The van der Waals surface area contributed by atoms with Gasteiger partial charge in [0, 0.05) is 5.56 Å². The van der Waals surface area contributed by atoms with Gasteiger partial charge in [0.1, 0.15) is 5.76 Å². The van der Waals surface area contributed by atoms with Gasteiger partial charge in [-0.15, -0.1) is 0 Å². The average molecular weight is 246 g/mol. The number of fused-ring (bicyclic) bond motifs is 1. The Morgan fingerprint density at radius 2 is 2.06 bits per heavy atom. The minimum Gasteiger partial charge on any atom is -0.465 e. The maximum atomic E-state index is 11.7. The molecular formula is C14H14O4. The van der Waals surface area contributed by atoms with Gasteiger partial charge in [0.05, 0.1) is 7.11 Å². The van der Waals surface area contributed by atoms with Gasteiger partial charge in [-0.25, -0.2) is 9.59 Å². The zero-order valence-electron chi connectivity index (χ0n) is 10.5. The van der Waals surface area contributed by atoms with E-state index < -0.39 is 11.6 Å². The summed E-state index contributed by atoms with van der Waals surface area (Å²) < 4.78 is 9.68. The second-order valence-electron chi connectivity index (χ2n) is 4.36. The van der Waals surface area contributed by atoms with Crippen LogP contribution in [0.2, 0.25) is 0 Å². The van der Waals surface area contributed by atoms with Crippen LogP contribution < -0.4 is 5.63 Å². The van der Waals surface area contributed by atoms with Crippen molar-refractivity contribution in [3.05, 3.63) is 45.8 Å². The summed E-state index contributed by atoms with van der Waals surface area (Å²) in [6.07, 6.45) is 0. The van der Waals surface area contributed by atoms with E-state index in [0.29, 0.717) is 11.3 Å². The van der Waals surface area contributed by atoms with E-state index in [1.54, 1.807) is 12.1 Å². The van der Waals surface area contributed by atoms with Crippen LogP contribution in [0.15, 0.2) is 33.5 Å². The molecule has 0 aromatic heterocycles. The van der Waals surface area contributed by atoms with E-state index in [2.05, 4.69) is 4.74 Å². The zero-order chi connectivity index (χ0) is 13.3. The minimum atomic E-state index is -0.667. The number of rotatable bonds is 2. The summed E-state index contributed by atoms with van der Waals surface area (Å²) in [5.41, 5.74) is 0.833. The third kappa shape index (κ3) is 2.01. The third-order valence-electron chi connectivity index (χ3n) is 2.85. The van der Waals surface area contributed by atoms with Gasteiger partial charge in [-0.3, -0.25) is 0 Å². The molecule has 4 nitrogen and oxygen atoms in total. The van der Waals surface area contributed by atoms with Crippen LogP contribution in [0.5, 0.6) is 0 Å². The zero-order valence-corrected chi connectivity index (χ0v) is 10.5. The summed E-state index contributed by atoms with van der Waals surface area (Å²) in [6.45, 7) is 4.08. The van der Waals surface area contributed by atoms with Crippen molar-refractivity contribution in [3.8, 4) is 11.3 Å². The minimum absolute atomic E-state index is 0.0365. The fourth-order valence-electron chi connectivity index (χ4n) is 1.82. The Hall–Kier alpha value is -2.10. The topological polar surface area (TPSA) is 56.5 Å². The molecule has 1 aliphatic heterocycles. The van der Waals surface area contributed by atoms with E-state index >= 15 is 0 Å². The maximum Gasteiger partial charge on any atom is 0.351 e. The average Bonchev–Trinajstić information content (AvgIpc) is 2.50. The van der Waals surface area contributed by atoms with Crippen molar-refractivity contribution >= 4 is 5.97 Å². The highest BCUT2D eigenvalue weighted by Crippen LogP contribution is 2.27. The van der Waals surface area contributed by atoms with Crippen molar-refractivity contribution in [2.45, 2.75) is 19.8 Å². The molecule has 0 radical (unpaired) electrons. The van der Waals surface area contributed by atoms with Crippen molar-refractivity contribution in [2.75, 3.05) is 7.11 Å². The number of methoxy groups -OCH3 is 1. The molecule has 0 aromatic rings. The highest BCUT2D eigenvalue weighted by molar-refractivity contribution is 5.96. The van der Waals surface area contributed by atoms with Crippen LogP contribution in [0, 0.1) is 0 Å². The number of esters is 1. The second kappa shape index (κ2) is 4.64. The molecule has 0 N–H and O–H groups in total. The van der Waals surface area contributed by atoms with E-state index in [1.165, 1.54) is 7.11 Å². The molecule has 18 heavy (non-hydrogen) atoms. The molecule has 0 aromatic carbocycles. The molecule has 1 heterocycles. The number of hydrogen-bond acceptors (Lipinski definition) is 4. The van der Waals surface area contributed by atoms with Gasteiger partial charge in [0.15, 0.2) is 5.56 Å². The summed E-state index contributed by atoms with van der Waals surface area (Å²) >= 11 is 0. The quantitative estimate of drug-likeness (QED) is 0.764. The van der Waals surface area contributed by atoms with Gasteiger partial charge in [0.25, 0.3) is 0 Å². The van der Waals surface area contributed by atoms with Gasteiger partial charge in [0.2, 0.25) is 0 Å². The molecule has 0 unspecified atom stereocenters. The van der Waals surface area contributed by atoms with Crippen LogP contribution in [0.3, 0.4) is 0 Å². The van der Waals surface area contributed by atoms with Gasteiger partial charge in [-0.05, 0) is 23.6 Å². The number of hydrogen-bond donors (Lipinski definition) is 0. The summed E-state index contributed by atoms with van der Waals surface area (Å²) in [4.78, 5) is 23.3. The first kappa shape index (κ1) is 12.4. The van der Waals surface area contributed by atoms with Crippen LogP contribution in [0.1, 0.15) is 35.7 Å². The molecule has 94 valence electrons. The molecule has 2 aliphatic rings. The molecule has 0 fully saturated rings. The molecule has 0 spiro atoms. The molecule has 0 saturated carbocycles. The number of carbonyl (C=O) groups is 1. The summed E-state index contributed by atoms with van der Waals surface area (Å²) in [6, 6.07) is 7.22. The van der Waals surface area contributed by atoms with Crippen LogP contribution in [-0.2, 0) is 4.74 Å². The SMILES string of the molecule is COC(=O)c1c2cc(C(C)C)cccc-2oc1=O. The standard InChI is InChI=1S/C14H14O4/c1-8(2)9-5-4-6-11-10(7-9)12(13(15)17-3)14(16)18-11/h4-8H,1-3H3. The molecule has 1 aliphatic carbocycles. The summed E-state index contributed by atoms with van der Waals surface area (Å²) in [5, 5.41) is 0. The number of ether oxygens (including phenoxy) is 1. The lowest BCUT2D eigenvalue weighted by molar-refractivity contribution is 0.0599. The molecule has 0 atom stereocenters. The fourth-order valence-corrected chi connectivity index (χ4v) is 1.82. The van der Waals surface area contributed by atoms with E-state index in [1.807, 2.05) is 26.0 Å². The monoisotopic (exact) mass is 246 g/mol. The van der Waals surface area contributed by atoms with Crippen molar-refractivity contribution < 1.29 is 13.9 Å². The van der Waals surface area contributed by atoms with Crippen molar-refractivity contribution in [2.24, 2.45) is 0 Å². The van der Waals surface area contributed by atoms with Crippen LogP contribution >= 0.6 is 0 Å². The predicted octanol–water partition coefficient (Wildman–Crippen LogP) is 2.65. The Morgan fingerprint density at radius 3 is 2.67 bits per heavy atom. The van der Waals surface area contributed by atoms with E-state index in [4.69, 9.17) is 4.42 Å². The number of furan rings is 1. The van der Waals surface area contributed by atoms with E-state index in [0.717, 1.165) is 5.56 Å². The molecule has 2 rings (SSSR count). The highest BCUT2D eigenvalue weighted by Gasteiger charge is 2.24. The van der Waals surface area contributed by atoms with Gasteiger partial charge >= 0.3 is 11.6 Å². The predicted molar refractivity (Wildman–Crippen MR) is 67.0 cm³/mol. The lowest BCUT2D eigenvalue weighted by Crippen LogP contribution is -2.11. The molecule has 4 heteroatoms. The first-order valence-electron chi connectivity index (χ1n) is 5.69. The summed E-state index contributed by atoms with van der Waals surface area (Å²) in [5.74, 6) is 0.0167. The molecule has 0 bridgehead atoms. The van der Waals surface area contributed by atoms with Crippen molar-refractivity contribution in [1.82, 2.24) is 0 Å². The summed E-state index contributed by atoms with van der Waals surface area (Å²) in [7, 11) is 1.24. The molecule has 0 saturated heterocycles. The Morgan fingerprint density at radius 1 is 1.33 bits per heavy atom. The normalized spacial score (nSPS) is 10.9. The van der Waals surface area contributed by atoms with Crippen molar-refractivity contribution in [1.29, 1.82) is 0 Å². The Kier molecular flexibility index (Phi) is 3.19. The van der Waals surface area contributed by atoms with Crippen LogP contribution in [0.4, 0.5) is 0 Å². The second-order valence-corrected chi connectivity index (χ2v) is 4.36. The van der Waals surface area contributed by atoms with E-state index in [-0.39, 0.29) is 11.5 Å². The van der Waals surface area contributed by atoms with Gasteiger partial charge < -0.3 is 9.15 Å². The fraction of sp³-hybridized carbons (Fsp3) is 0.286. The van der Waals surface area contributed by atoms with Crippen molar-refractivity contribution in [3.63, 3.8) is 0 Å². The van der Waals surface area contributed by atoms with Crippen LogP contribution in [-0.4, -0.2) is 13.1 Å². The number of carbonyl (C=O) groups excluding carboxylic acids is 1. The smallest absolute Gasteiger partial charge is 0.351 e. The molecular weight excluding hydrogens is 232 g/mol. The lowest BCUT2D eigenvalue weighted by atomic mass is 10.0. The molecule has 0 amide bonds. The Balaban J connectivity index is 2.74. The Labute approximate surface area is 105 Å². The third-order valence-corrected chi connectivity index (χ3v) is 2.85. The van der Waals surface area contributed by atoms with Crippen LogP contribution in [0.25, 0.3) is 11.3 Å². The van der Waals surface area contributed by atoms with Gasteiger partial charge in [-0.2, -0.15) is 0 Å². The lowest BCUT2D eigenvalue weighted by Gasteiger charge is -2.02. The Bertz CT molecular complexity index is 610.